The van der Waals surface area contributed by atoms with Crippen molar-refractivity contribution < 1.29 is 19.5 Å². The van der Waals surface area contributed by atoms with E-state index < -0.39 is 17.9 Å². The van der Waals surface area contributed by atoms with Gasteiger partial charge < -0.3 is 20.1 Å². The molecule has 6 nitrogen and oxygen atoms in total. The zero-order valence-electron chi connectivity index (χ0n) is 14.4. The van der Waals surface area contributed by atoms with Crippen molar-refractivity contribution in [3.8, 4) is 0 Å². The van der Waals surface area contributed by atoms with Crippen LogP contribution in [0.2, 0.25) is 0 Å². The fourth-order valence-electron chi connectivity index (χ4n) is 2.46. The predicted octanol–water partition coefficient (Wildman–Crippen LogP) is 0.762. The van der Waals surface area contributed by atoms with Gasteiger partial charge in [-0.3, -0.25) is 9.59 Å². The number of nitrogens with one attached hydrogen (secondary N) is 1. The first kappa shape index (κ1) is 18.4. The SMILES string of the molecule is CCC(NC(=O)c1ccc(C(C)(C)C)s1)C(=O)N1CC(C(=O)[O-])C1. The van der Waals surface area contributed by atoms with Crippen LogP contribution in [0.4, 0.5) is 0 Å². The second-order valence-corrected chi connectivity index (χ2v) is 8.19. The van der Waals surface area contributed by atoms with E-state index in [2.05, 4.69) is 26.1 Å². The Bertz CT molecular complexity index is 641. The maximum absolute atomic E-state index is 12.4. The number of aliphatic carboxylic acids is 1. The van der Waals surface area contributed by atoms with Crippen LogP contribution in [-0.2, 0) is 15.0 Å². The van der Waals surface area contributed by atoms with Gasteiger partial charge in [0.1, 0.15) is 6.04 Å². The Balaban J connectivity index is 1.97. The van der Waals surface area contributed by atoms with E-state index in [0.717, 1.165) is 4.88 Å². The zero-order valence-corrected chi connectivity index (χ0v) is 15.2. The number of nitrogens with zero attached hydrogens (tertiary/aromatic N) is 1. The van der Waals surface area contributed by atoms with E-state index in [-0.39, 0.29) is 30.3 Å². The normalized spacial score (nSPS) is 16.4. The molecule has 1 unspecified atom stereocenters. The number of hydrogen-bond acceptors (Lipinski definition) is 5. The highest BCUT2D eigenvalue weighted by Crippen LogP contribution is 2.29. The van der Waals surface area contributed by atoms with Crippen LogP contribution in [0, 0.1) is 5.92 Å². The first-order chi connectivity index (χ1) is 11.1. The van der Waals surface area contributed by atoms with E-state index >= 15 is 0 Å². The average molecular weight is 351 g/mol. The van der Waals surface area contributed by atoms with Crippen molar-refractivity contribution in [2.24, 2.45) is 5.92 Å². The molecule has 132 valence electrons. The maximum atomic E-state index is 12.4. The van der Waals surface area contributed by atoms with E-state index in [0.29, 0.717) is 11.3 Å². The smallest absolute Gasteiger partial charge is 0.262 e. The third-order valence-corrected chi connectivity index (χ3v) is 5.62. The van der Waals surface area contributed by atoms with Crippen molar-refractivity contribution in [3.05, 3.63) is 21.9 Å². The third-order valence-electron chi connectivity index (χ3n) is 4.11. The van der Waals surface area contributed by atoms with E-state index in [4.69, 9.17) is 0 Å². The van der Waals surface area contributed by atoms with E-state index in [1.54, 1.807) is 6.07 Å². The monoisotopic (exact) mass is 351 g/mol. The van der Waals surface area contributed by atoms with Crippen LogP contribution >= 0.6 is 11.3 Å². The first-order valence-electron chi connectivity index (χ1n) is 8.04. The van der Waals surface area contributed by atoms with Gasteiger partial charge in [0.25, 0.3) is 5.91 Å². The van der Waals surface area contributed by atoms with Crippen molar-refractivity contribution in [1.29, 1.82) is 0 Å². The summed E-state index contributed by atoms with van der Waals surface area (Å²) in [5.41, 5.74) is -0.0271. The van der Waals surface area contributed by atoms with Gasteiger partial charge in [-0.1, -0.05) is 27.7 Å². The highest BCUT2D eigenvalue weighted by atomic mass is 32.1. The molecule has 7 heteroatoms. The first-order valence-corrected chi connectivity index (χ1v) is 8.86. The molecule has 0 bridgehead atoms. The highest BCUT2D eigenvalue weighted by molar-refractivity contribution is 7.14. The molecular formula is C17H23N2O4S-. The number of thiophene rings is 1. The van der Waals surface area contributed by atoms with Crippen molar-refractivity contribution in [1.82, 2.24) is 10.2 Å². The van der Waals surface area contributed by atoms with Gasteiger partial charge in [-0.05, 0) is 24.0 Å². The van der Waals surface area contributed by atoms with Crippen LogP contribution in [0.3, 0.4) is 0 Å². The summed E-state index contributed by atoms with van der Waals surface area (Å²) in [6.07, 6.45) is 0.453. The molecule has 0 radical (unpaired) electrons. The highest BCUT2D eigenvalue weighted by Gasteiger charge is 2.35. The fourth-order valence-corrected chi connectivity index (χ4v) is 3.43. The summed E-state index contributed by atoms with van der Waals surface area (Å²) in [6.45, 7) is 8.36. The number of likely N-dealkylation sites (tertiary alicyclic amines) is 1. The molecule has 2 amide bonds. The molecule has 0 saturated carbocycles. The molecule has 2 heterocycles. The Kier molecular flexibility index (Phi) is 5.32. The Morgan fingerprint density at radius 1 is 1.33 bits per heavy atom. The lowest BCUT2D eigenvalue weighted by molar-refractivity contribution is -0.315. The largest absolute Gasteiger partial charge is 0.550 e. The molecule has 1 aliphatic heterocycles. The quantitative estimate of drug-likeness (QED) is 0.848. The number of carbonyl (C=O) groups is 3. The zero-order chi connectivity index (χ0) is 18.1. The van der Waals surface area contributed by atoms with Gasteiger partial charge in [0.05, 0.1) is 4.88 Å². The molecule has 0 aliphatic carbocycles. The summed E-state index contributed by atoms with van der Waals surface area (Å²) in [6, 6.07) is 3.07. The lowest BCUT2D eigenvalue weighted by Gasteiger charge is -2.41. The van der Waals surface area contributed by atoms with Crippen molar-refractivity contribution in [2.45, 2.75) is 45.6 Å². The molecule has 1 N–H and O–H groups in total. The summed E-state index contributed by atoms with van der Waals surface area (Å²) >= 11 is 1.42. The van der Waals surface area contributed by atoms with Crippen LogP contribution in [-0.4, -0.2) is 41.8 Å². The van der Waals surface area contributed by atoms with Gasteiger partial charge in [-0.2, -0.15) is 0 Å². The molecular weight excluding hydrogens is 328 g/mol. The molecule has 0 spiro atoms. The molecule has 24 heavy (non-hydrogen) atoms. The summed E-state index contributed by atoms with van der Waals surface area (Å²) in [4.78, 5) is 38.6. The van der Waals surface area contributed by atoms with E-state index in [1.807, 2.05) is 13.0 Å². The second-order valence-electron chi connectivity index (χ2n) is 7.11. The van der Waals surface area contributed by atoms with Gasteiger partial charge in [-0.25, -0.2) is 0 Å². The lowest BCUT2D eigenvalue weighted by atomic mass is 9.95. The Morgan fingerprint density at radius 2 is 1.96 bits per heavy atom. The summed E-state index contributed by atoms with van der Waals surface area (Å²) in [7, 11) is 0. The van der Waals surface area contributed by atoms with Gasteiger partial charge >= 0.3 is 0 Å². The number of carboxylic acids is 1. The number of carboxylic acid groups (broad SMARTS) is 1. The van der Waals surface area contributed by atoms with E-state index in [9.17, 15) is 19.5 Å². The van der Waals surface area contributed by atoms with Crippen LogP contribution in [0.5, 0.6) is 0 Å². The maximum Gasteiger partial charge on any atom is 0.262 e. The number of rotatable bonds is 5. The second kappa shape index (κ2) is 6.93. The van der Waals surface area contributed by atoms with Crippen molar-refractivity contribution >= 4 is 29.1 Å². The lowest BCUT2D eigenvalue weighted by Crippen LogP contribution is -2.60. The van der Waals surface area contributed by atoms with Crippen LogP contribution in [0.1, 0.15) is 48.7 Å². The van der Waals surface area contributed by atoms with Gasteiger partial charge in [0.2, 0.25) is 5.91 Å². The van der Waals surface area contributed by atoms with Gasteiger partial charge in [0, 0.05) is 29.9 Å². The van der Waals surface area contributed by atoms with Gasteiger partial charge in [0.15, 0.2) is 0 Å². The van der Waals surface area contributed by atoms with Crippen LogP contribution < -0.4 is 10.4 Å². The average Bonchev–Trinajstić information content (AvgIpc) is 2.92. The fraction of sp³-hybridized carbons (Fsp3) is 0.588. The number of hydrogen-bond donors (Lipinski definition) is 1. The molecule has 1 aliphatic rings. The molecule has 2 rings (SSSR count). The molecule has 1 aromatic rings. The molecule has 1 aromatic heterocycles. The van der Waals surface area contributed by atoms with Crippen molar-refractivity contribution in [2.75, 3.05) is 13.1 Å². The summed E-state index contributed by atoms with van der Waals surface area (Å²) in [5.74, 6) is -2.25. The topological polar surface area (TPSA) is 89.5 Å². The standard InChI is InChI=1S/C17H24N2O4S/c1-5-11(15(21)19-8-10(9-19)16(22)23)18-14(20)12-6-7-13(24-12)17(2,3)4/h6-7,10-11H,5,8-9H2,1-4H3,(H,18,20)(H,22,23)/p-1. The minimum absolute atomic E-state index is 0.0271. The molecule has 0 aromatic carbocycles. The molecule has 1 fully saturated rings. The third kappa shape index (κ3) is 3.95. The van der Waals surface area contributed by atoms with Crippen molar-refractivity contribution in [3.63, 3.8) is 0 Å². The summed E-state index contributed by atoms with van der Waals surface area (Å²) in [5, 5.41) is 13.5. The van der Waals surface area contributed by atoms with Crippen LogP contribution in [0.25, 0.3) is 0 Å². The molecule has 1 saturated heterocycles. The van der Waals surface area contributed by atoms with Gasteiger partial charge in [-0.15, -0.1) is 11.3 Å². The number of amides is 2. The summed E-state index contributed by atoms with van der Waals surface area (Å²) < 4.78 is 0. The Morgan fingerprint density at radius 3 is 2.42 bits per heavy atom. The minimum atomic E-state index is -1.13. The minimum Gasteiger partial charge on any atom is -0.550 e. The Labute approximate surface area is 145 Å². The number of carbonyl (C=O) groups excluding carboxylic acids is 3. The Hall–Kier alpha value is -1.89. The predicted molar refractivity (Wildman–Crippen MR) is 89.6 cm³/mol. The van der Waals surface area contributed by atoms with E-state index in [1.165, 1.54) is 16.2 Å². The van der Waals surface area contributed by atoms with Crippen LogP contribution in [0.15, 0.2) is 12.1 Å². The molecule has 1 atom stereocenters.